The molecule has 1 aliphatic heterocycles. The van der Waals surface area contributed by atoms with Crippen LogP contribution in [0, 0.1) is 5.82 Å². The fourth-order valence-electron chi connectivity index (χ4n) is 2.69. The summed E-state index contributed by atoms with van der Waals surface area (Å²) in [5.74, 6) is -1.30. The summed E-state index contributed by atoms with van der Waals surface area (Å²) in [6.07, 6.45) is -0.357. The molecule has 3 rings (SSSR count). The number of benzene rings is 2. The Hall–Kier alpha value is -1.71. The van der Waals surface area contributed by atoms with Crippen molar-refractivity contribution >= 4 is 44.8 Å². The molecule has 2 aromatic carbocycles. The molecule has 0 spiro atoms. The fraction of sp³-hybridized carbons (Fsp3) is 0.235. The van der Waals surface area contributed by atoms with Crippen LogP contribution in [-0.4, -0.2) is 42.9 Å². The van der Waals surface area contributed by atoms with Crippen LogP contribution in [0.4, 0.5) is 10.1 Å². The first kappa shape index (κ1) is 20.0. The molecule has 0 radical (unpaired) electrons. The SMILES string of the molecule is O=C(Nc1ccc(F)c(Cl)c1)c1cc(S(=O)(=O)N2CCC(O)C2)ccc1Cl. The van der Waals surface area contributed by atoms with Crippen molar-refractivity contribution in [1.82, 2.24) is 4.31 Å². The van der Waals surface area contributed by atoms with Crippen LogP contribution >= 0.6 is 23.2 Å². The van der Waals surface area contributed by atoms with E-state index in [9.17, 15) is 22.7 Å². The van der Waals surface area contributed by atoms with Gasteiger partial charge in [-0.2, -0.15) is 4.31 Å². The van der Waals surface area contributed by atoms with Gasteiger partial charge in [0.1, 0.15) is 5.82 Å². The Balaban J connectivity index is 1.88. The summed E-state index contributed by atoms with van der Waals surface area (Å²) >= 11 is 11.7. The third-order valence-electron chi connectivity index (χ3n) is 4.12. The number of carbonyl (C=O) groups excluding carboxylic acids is 1. The molecule has 1 fully saturated rings. The molecule has 0 aliphatic carbocycles. The minimum absolute atomic E-state index is 0.000564. The topological polar surface area (TPSA) is 86.7 Å². The Morgan fingerprint density at radius 2 is 1.93 bits per heavy atom. The van der Waals surface area contributed by atoms with Crippen LogP contribution in [0.2, 0.25) is 10.0 Å². The summed E-state index contributed by atoms with van der Waals surface area (Å²) in [6, 6.07) is 7.43. The molecule has 2 N–H and O–H groups in total. The van der Waals surface area contributed by atoms with E-state index in [1.165, 1.54) is 30.3 Å². The molecule has 2 aromatic rings. The van der Waals surface area contributed by atoms with E-state index >= 15 is 0 Å². The van der Waals surface area contributed by atoms with Crippen molar-refractivity contribution in [3.05, 3.63) is 57.8 Å². The van der Waals surface area contributed by atoms with E-state index in [2.05, 4.69) is 5.32 Å². The second-order valence-corrected chi connectivity index (χ2v) is 8.78. The van der Waals surface area contributed by atoms with Crippen molar-refractivity contribution in [2.75, 3.05) is 18.4 Å². The van der Waals surface area contributed by atoms with Crippen LogP contribution in [-0.2, 0) is 10.0 Å². The standard InChI is InChI=1S/C17H15Cl2FN2O4S/c18-14-3-2-12(27(25,26)22-6-5-11(23)9-22)8-13(14)17(24)21-10-1-4-16(20)15(19)7-10/h1-4,7-8,11,23H,5-6,9H2,(H,21,24). The number of β-amino-alcohol motifs (C(OH)–C–C–N with tert-alkyl or cyclic N) is 1. The van der Waals surface area contributed by atoms with Gasteiger partial charge in [-0.3, -0.25) is 4.79 Å². The van der Waals surface area contributed by atoms with E-state index in [0.29, 0.717) is 6.42 Å². The van der Waals surface area contributed by atoms with Crippen LogP contribution < -0.4 is 5.32 Å². The number of halogens is 3. The fourth-order valence-corrected chi connectivity index (χ4v) is 4.59. The molecule has 1 amide bonds. The van der Waals surface area contributed by atoms with E-state index < -0.39 is 27.9 Å². The summed E-state index contributed by atoms with van der Waals surface area (Å²) < 4.78 is 39.8. The minimum atomic E-state index is -3.87. The smallest absolute Gasteiger partial charge is 0.257 e. The molecule has 6 nitrogen and oxygen atoms in total. The molecule has 1 saturated heterocycles. The predicted octanol–water partition coefficient (Wildman–Crippen LogP) is 3.14. The number of rotatable bonds is 4. The van der Waals surface area contributed by atoms with Gasteiger partial charge in [0.15, 0.2) is 0 Å². The van der Waals surface area contributed by atoms with Crippen LogP contribution in [0.3, 0.4) is 0 Å². The van der Waals surface area contributed by atoms with E-state index in [1.807, 2.05) is 0 Å². The number of amides is 1. The van der Waals surface area contributed by atoms with Crippen LogP contribution in [0.5, 0.6) is 0 Å². The number of sulfonamides is 1. The number of hydrogen-bond donors (Lipinski definition) is 2. The lowest BCUT2D eigenvalue weighted by Gasteiger charge is -2.16. The van der Waals surface area contributed by atoms with Crippen LogP contribution in [0.1, 0.15) is 16.8 Å². The lowest BCUT2D eigenvalue weighted by atomic mass is 10.2. The number of nitrogens with one attached hydrogen (secondary N) is 1. The van der Waals surface area contributed by atoms with Gasteiger partial charge in [-0.25, -0.2) is 12.8 Å². The summed E-state index contributed by atoms with van der Waals surface area (Å²) in [5, 5.41) is 12.0. The quantitative estimate of drug-likeness (QED) is 0.776. The first-order valence-electron chi connectivity index (χ1n) is 7.92. The summed E-state index contributed by atoms with van der Waals surface area (Å²) in [6.45, 7) is 0.197. The van der Waals surface area contributed by atoms with E-state index in [4.69, 9.17) is 23.2 Å². The zero-order valence-corrected chi connectivity index (χ0v) is 16.2. The summed E-state index contributed by atoms with van der Waals surface area (Å²) in [5.41, 5.74) is 0.177. The Bertz CT molecular complexity index is 1000. The highest BCUT2D eigenvalue weighted by atomic mass is 35.5. The lowest BCUT2D eigenvalue weighted by molar-refractivity contribution is 0.102. The van der Waals surface area contributed by atoms with Crippen molar-refractivity contribution in [3.8, 4) is 0 Å². The van der Waals surface area contributed by atoms with Crippen molar-refractivity contribution in [1.29, 1.82) is 0 Å². The van der Waals surface area contributed by atoms with Gasteiger partial charge in [0.05, 0.1) is 26.6 Å². The monoisotopic (exact) mass is 432 g/mol. The number of aliphatic hydroxyl groups excluding tert-OH is 1. The lowest BCUT2D eigenvalue weighted by Crippen LogP contribution is -2.30. The van der Waals surface area contributed by atoms with Crippen molar-refractivity contribution < 1.29 is 22.7 Å². The number of carbonyl (C=O) groups is 1. The highest BCUT2D eigenvalue weighted by molar-refractivity contribution is 7.89. The Morgan fingerprint density at radius 1 is 1.19 bits per heavy atom. The van der Waals surface area contributed by atoms with Gasteiger partial charge in [-0.1, -0.05) is 23.2 Å². The molecule has 0 aromatic heterocycles. The maximum atomic E-state index is 13.2. The highest BCUT2D eigenvalue weighted by Crippen LogP contribution is 2.27. The van der Waals surface area contributed by atoms with E-state index in [1.54, 1.807) is 0 Å². The van der Waals surface area contributed by atoms with E-state index in [-0.39, 0.29) is 39.3 Å². The first-order chi connectivity index (χ1) is 12.7. The maximum Gasteiger partial charge on any atom is 0.257 e. The second kappa shape index (κ2) is 7.73. The van der Waals surface area contributed by atoms with Crippen molar-refractivity contribution in [2.45, 2.75) is 17.4 Å². The van der Waals surface area contributed by atoms with Gasteiger partial charge in [-0.05, 0) is 42.8 Å². The number of anilines is 1. The molecule has 1 unspecified atom stereocenters. The minimum Gasteiger partial charge on any atom is -0.392 e. The van der Waals surface area contributed by atoms with Crippen LogP contribution in [0.15, 0.2) is 41.3 Å². The van der Waals surface area contributed by atoms with Gasteiger partial charge in [0.2, 0.25) is 10.0 Å². The van der Waals surface area contributed by atoms with Crippen molar-refractivity contribution in [2.24, 2.45) is 0 Å². The molecule has 0 bridgehead atoms. The first-order valence-corrected chi connectivity index (χ1v) is 10.1. The predicted molar refractivity (Wildman–Crippen MR) is 100 cm³/mol. The molecule has 1 atom stereocenters. The molecule has 0 saturated carbocycles. The van der Waals surface area contributed by atoms with Gasteiger partial charge < -0.3 is 10.4 Å². The van der Waals surface area contributed by atoms with Crippen LogP contribution in [0.25, 0.3) is 0 Å². The molecule has 1 aliphatic rings. The van der Waals surface area contributed by atoms with Crippen molar-refractivity contribution in [3.63, 3.8) is 0 Å². The average Bonchev–Trinajstić information content (AvgIpc) is 3.05. The van der Waals surface area contributed by atoms with Gasteiger partial charge in [0.25, 0.3) is 5.91 Å². The molecule has 1 heterocycles. The number of hydrogen-bond acceptors (Lipinski definition) is 4. The molecular weight excluding hydrogens is 418 g/mol. The maximum absolute atomic E-state index is 13.2. The van der Waals surface area contributed by atoms with Gasteiger partial charge in [0, 0.05) is 18.8 Å². The zero-order valence-electron chi connectivity index (χ0n) is 13.8. The summed E-state index contributed by atoms with van der Waals surface area (Å²) in [7, 11) is -3.87. The van der Waals surface area contributed by atoms with Gasteiger partial charge in [-0.15, -0.1) is 0 Å². The summed E-state index contributed by atoms with van der Waals surface area (Å²) in [4.78, 5) is 12.4. The normalized spacial score (nSPS) is 17.9. The average molecular weight is 433 g/mol. The highest BCUT2D eigenvalue weighted by Gasteiger charge is 2.32. The Morgan fingerprint density at radius 3 is 2.56 bits per heavy atom. The molecular formula is C17H15Cl2FN2O4S. The molecule has 144 valence electrons. The van der Waals surface area contributed by atoms with E-state index in [0.717, 1.165) is 10.4 Å². The Kier molecular flexibility index (Phi) is 5.73. The third kappa shape index (κ3) is 4.25. The number of nitrogens with zero attached hydrogens (tertiary/aromatic N) is 1. The third-order valence-corrected chi connectivity index (χ3v) is 6.60. The zero-order chi connectivity index (χ0) is 19.8. The molecule has 27 heavy (non-hydrogen) atoms. The van der Waals surface area contributed by atoms with Gasteiger partial charge >= 0.3 is 0 Å². The number of aliphatic hydroxyl groups is 1. The molecule has 10 heteroatoms. The second-order valence-electron chi connectivity index (χ2n) is 6.03. The largest absolute Gasteiger partial charge is 0.392 e. The Labute approximate surface area is 165 Å².